The molecule has 0 saturated carbocycles. The second-order valence-electron chi connectivity index (χ2n) is 9.16. The van der Waals surface area contributed by atoms with Crippen molar-refractivity contribution in [2.75, 3.05) is 47.0 Å². The van der Waals surface area contributed by atoms with Gasteiger partial charge in [-0.05, 0) is 33.2 Å². The molecule has 1 spiro atoms. The SMILES string of the molecule is COCc1c(C(=O)N2CC3(CC(c4nnc(C5CCOCC5)o4)N(C)C3)C2)noc1C. The molecular formula is C21H29N5O5. The van der Waals surface area contributed by atoms with Gasteiger partial charge in [-0.15, -0.1) is 10.2 Å². The average molecular weight is 431 g/mol. The molecule has 5 rings (SSSR count). The highest BCUT2D eigenvalue weighted by molar-refractivity contribution is 5.94. The van der Waals surface area contributed by atoms with Crippen LogP contribution in [0.3, 0.4) is 0 Å². The van der Waals surface area contributed by atoms with E-state index in [4.69, 9.17) is 18.4 Å². The zero-order valence-corrected chi connectivity index (χ0v) is 18.3. The summed E-state index contributed by atoms with van der Waals surface area (Å²) in [5, 5.41) is 12.7. The molecule has 0 bridgehead atoms. The first-order chi connectivity index (χ1) is 15.0. The van der Waals surface area contributed by atoms with Crippen LogP contribution in [-0.4, -0.2) is 78.1 Å². The van der Waals surface area contributed by atoms with Gasteiger partial charge in [0.25, 0.3) is 5.91 Å². The predicted molar refractivity (Wildman–Crippen MR) is 107 cm³/mol. The van der Waals surface area contributed by atoms with Crippen LogP contribution >= 0.6 is 0 Å². The van der Waals surface area contributed by atoms with E-state index in [1.807, 2.05) is 4.90 Å². The summed E-state index contributed by atoms with van der Waals surface area (Å²) in [4.78, 5) is 17.1. The number of methoxy groups -OCH3 is 1. The lowest BCUT2D eigenvalue weighted by Crippen LogP contribution is -2.59. The number of likely N-dealkylation sites (tertiary alicyclic amines) is 2. The summed E-state index contributed by atoms with van der Waals surface area (Å²) in [7, 11) is 3.68. The lowest BCUT2D eigenvalue weighted by Gasteiger charge is -2.47. The Hall–Kier alpha value is -2.30. The fourth-order valence-electron chi connectivity index (χ4n) is 5.20. The third kappa shape index (κ3) is 3.66. The van der Waals surface area contributed by atoms with E-state index in [1.54, 1.807) is 14.0 Å². The zero-order valence-electron chi connectivity index (χ0n) is 18.3. The van der Waals surface area contributed by atoms with E-state index in [2.05, 4.69) is 27.3 Å². The molecule has 10 heteroatoms. The lowest BCUT2D eigenvalue weighted by molar-refractivity contribution is 0.0104. The van der Waals surface area contributed by atoms with E-state index in [0.29, 0.717) is 43.0 Å². The standard InChI is InChI=1S/C21H29N5O5/c1-13-15(9-28-3)17(24-31-13)20(27)26-11-21(12-26)8-16(25(2)10-21)19-23-22-18(30-19)14-4-6-29-7-5-14/h14,16H,4-12H2,1-3H3. The molecule has 0 aliphatic carbocycles. The minimum absolute atomic E-state index is 0.0442. The fraction of sp³-hybridized carbons (Fsp3) is 0.714. The van der Waals surface area contributed by atoms with Crippen molar-refractivity contribution < 1.29 is 23.2 Å². The summed E-state index contributed by atoms with van der Waals surface area (Å²) in [5.41, 5.74) is 1.12. The van der Waals surface area contributed by atoms with Crippen LogP contribution in [0.1, 0.15) is 64.8 Å². The predicted octanol–water partition coefficient (Wildman–Crippen LogP) is 1.93. The van der Waals surface area contributed by atoms with Crippen LogP contribution in [0.4, 0.5) is 0 Å². The Balaban J connectivity index is 1.24. The molecule has 2 aromatic heterocycles. The largest absolute Gasteiger partial charge is 0.423 e. The molecule has 3 aliphatic heterocycles. The number of carbonyl (C=O) groups excluding carboxylic acids is 1. The highest BCUT2D eigenvalue weighted by Gasteiger charge is 2.54. The first kappa shape index (κ1) is 20.6. The number of aryl methyl sites for hydroxylation is 1. The van der Waals surface area contributed by atoms with E-state index in [9.17, 15) is 4.79 Å². The third-order valence-electron chi connectivity index (χ3n) is 6.87. The molecule has 1 unspecified atom stereocenters. The normalized spacial score (nSPS) is 24.1. The Morgan fingerprint density at radius 2 is 1.94 bits per heavy atom. The first-order valence-corrected chi connectivity index (χ1v) is 10.8. The maximum absolute atomic E-state index is 13.0. The summed E-state index contributed by atoms with van der Waals surface area (Å²) in [6.45, 7) is 5.86. The van der Waals surface area contributed by atoms with Crippen LogP contribution in [0.15, 0.2) is 8.94 Å². The molecule has 1 atom stereocenters. The number of ether oxygens (including phenoxy) is 2. The molecular weight excluding hydrogens is 402 g/mol. The molecule has 31 heavy (non-hydrogen) atoms. The number of hydrogen-bond acceptors (Lipinski definition) is 9. The van der Waals surface area contributed by atoms with Crippen molar-refractivity contribution in [3.63, 3.8) is 0 Å². The summed E-state index contributed by atoms with van der Waals surface area (Å²) in [6, 6.07) is 0.0803. The van der Waals surface area contributed by atoms with Gasteiger partial charge in [0.1, 0.15) is 5.76 Å². The molecule has 5 heterocycles. The molecule has 168 valence electrons. The monoisotopic (exact) mass is 431 g/mol. The van der Waals surface area contributed by atoms with Crippen molar-refractivity contribution in [1.29, 1.82) is 0 Å². The fourth-order valence-corrected chi connectivity index (χ4v) is 5.20. The van der Waals surface area contributed by atoms with Gasteiger partial charge in [-0.2, -0.15) is 0 Å². The number of aromatic nitrogens is 3. The van der Waals surface area contributed by atoms with Crippen LogP contribution in [-0.2, 0) is 16.1 Å². The third-order valence-corrected chi connectivity index (χ3v) is 6.87. The summed E-state index contributed by atoms with van der Waals surface area (Å²) in [5.74, 6) is 2.23. The van der Waals surface area contributed by atoms with Crippen LogP contribution in [0.5, 0.6) is 0 Å². The van der Waals surface area contributed by atoms with Gasteiger partial charge in [-0.3, -0.25) is 9.69 Å². The number of nitrogens with zero attached hydrogens (tertiary/aromatic N) is 5. The van der Waals surface area contributed by atoms with Crippen molar-refractivity contribution in [1.82, 2.24) is 25.2 Å². The second kappa shape index (κ2) is 7.99. The number of amides is 1. The molecule has 3 aliphatic rings. The zero-order chi connectivity index (χ0) is 21.6. The number of carbonyl (C=O) groups is 1. The Labute approximate surface area is 180 Å². The topological polar surface area (TPSA) is 107 Å². The molecule has 0 radical (unpaired) electrons. The van der Waals surface area contributed by atoms with Crippen LogP contribution in [0, 0.1) is 12.3 Å². The Bertz CT molecular complexity index is 944. The molecule has 0 N–H and O–H groups in total. The minimum Gasteiger partial charge on any atom is -0.423 e. The van der Waals surface area contributed by atoms with E-state index in [1.165, 1.54) is 0 Å². The van der Waals surface area contributed by atoms with Gasteiger partial charge in [-0.1, -0.05) is 5.16 Å². The summed E-state index contributed by atoms with van der Waals surface area (Å²) < 4.78 is 21.9. The van der Waals surface area contributed by atoms with Crippen LogP contribution < -0.4 is 0 Å². The molecule has 3 fully saturated rings. The number of rotatable bonds is 5. The first-order valence-electron chi connectivity index (χ1n) is 10.8. The molecule has 3 saturated heterocycles. The average Bonchev–Trinajstić information content (AvgIpc) is 3.45. The van der Waals surface area contributed by atoms with Crippen LogP contribution in [0.2, 0.25) is 0 Å². The molecule has 10 nitrogen and oxygen atoms in total. The summed E-state index contributed by atoms with van der Waals surface area (Å²) >= 11 is 0. The second-order valence-corrected chi connectivity index (χ2v) is 9.16. The van der Waals surface area contributed by atoms with Gasteiger partial charge in [0.05, 0.1) is 18.2 Å². The Morgan fingerprint density at radius 3 is 2.68 bits per heavy atom. The molecule has 0 aromatic carbocycles. The van der Waals surface area contributed by atoms with Gasteiger partial charge in [0, 0.05) is 51.3 Å². The van der Waals surface area contributed by atoms with Crippen LogP contribution in [0.25, 0.3) is 0 Å². The maximum atomic E-state index is 13.0. The Kier molecular flexibility index (Phi) is 5.31. The van der Waals surface area contributed by atoms with Gasteiger partial charge in [0.2, 0.25) is 11.8 Å². The van der Waals surface area contributed by atoms with Crippen molar-refractivity contribution in [2.24, 2.45) is 5.41 Å². The maximum Gasteiger partial charge on any atom is 0.276 e. The van der Waals surface area contributed by atoms with Crippen molar-refractivity contribution in [3.8, 4) is 0 Å². The van der Waals surface area contributed by atoms with E-state index >= 15 is 0 Å². The van der Waals surface area contributed by atoms with Crippen molar-refractivity contribution >= 4 is 5.91 Å². The van der Waals surface area contributed by atoms with E-state index < -0.39 is 0 Å². The van der Waals surface area contributed by atoms with Gasteiger partial charge >= 0.3 is 0 Å². The Morgan fingerprint density at radius 1 is 1.19 bits per heavy atom. The van der Waals surface area contributed by atoms with Gasteiger partial charge in [-0.25, -0.2) is 0 Å². The minimum atomic E-state index is -0.0970. The molecule has 1 amide bonds. The van der Waals surface area contributed by atoms with Crippen molar-refractivity contribution in [2.45, 2.75) is 44.8 Å². The number of hydrogen-bond donors (Lipinski definition) is 0. The van der Waals surface area contributed by atoms with E-state index in [-0.39, 0.29) is 17.4 Å². The summed E-state index contributed by atoms with van der Waals surface area (Å²) in [6.07, 6.45) is 2.75. The van der Waals surface area contributed by atoms with Gasteiger partial charge < -0.3 is 23.3 Å². The quantitative estimate of drug-likeness (QED) is 0.702. The smallest absolute Gasteiger partial charge is 0.276 e. The van der Waals surface area contributed by atoms with Crippen molar-refractivity contribution in [3.05, 3.63) is 28.8 Å². The van der Waals surface area contributed by atoms with E-state index in [0.717, 1.165) is 50.5 Å². The van der Waals surface area contributed by atoms with Gasteiger partial charge in [0.15, 0.2) is 5.69 Å². The molecule has 2 aromatic rings. The highest BCUT2D eigenvalue weighted by Crippen LogP contribution is 2.48. The highest BCUT2D eigenvalue weighted by atomic mass is 16.5. The lowest BCUT2D eigenvalue weighted by atomic mass is 9.77.